The second-order valence-electron chi connectivity index (χ2n) is 7.16. The number of alkyl halides is 6. The van der Waals surface area contributed by atoms with Crippen LogP contribution in [0.5, 0.6) is 5.75 Å². The molecule has 0 saturated heterocycles. The molecule has 0 radical (unpaired) electrons. The molecular formula is C22H25F7O10S3. The van der Waals surface area contributed by atoms with E-state index in [2.05, 4.69) is 4.74 Å². The molecule has 42 heavy (non-hydrogen) atoms. The molecule has 0 amide bonds. The van der Waals surface area contributed by atoms with Crippen LogP contribution in [0.2, 0.25) is 0 Å². The van der Waals surface area contributed by atoms with Crippen molar-refractivity contribution in [2.75, 3.05) is 12.5 Å². The zero-order chi connectivity index (χ0) is 33.2. The lowest BCUT2D eigenvalue weighted by Crippen LogP contribution is -2.31. The maximum atomic E-state index is 12.3. The number of benzene rings is 2. The van der Waals surface area contributed by atoms with Crippen molar-refractivity contribution in [2.45, 2.75) is 48.2 Å². The number of ether oxygens (including phenoxy) is 1. The summed E-state index contributed by atoms with van der Waals surface area (Å²) in [4.78, 5) is 32.7. The Bertz CT molecular complexity index is 1300. The van der Waals surface area contributed by atoms with Gasteiger partial charge in [0.1, 0.15) is 17.7 Å². The van der Waals surface area contributed by atoms with E-state index in [0.29, 0.717) is 6.92 Å². The van der Waals surface area contributed by atoms with E-state index in [1.807, 2.05) is 0 Å². The number of hydrogen-bond acceptors (Lipinski definition) is 10. The van der Waals surface area contributed by atoms with E-state index < -0.39 is 50.1 Å². The van der Waals surface area contributed by atoms with Gasteiger partial charge in [0, 0.05) is 12.5 Å². The van der Waals surface area contributed by atoms with Crippen LogP contribution in [-0.4, -0.2) is 71.3 Å². The van der Waals surface area contributed by atoms with Gasteiger partial charge < -0.3 is 9.84 Å². The van der Waals surface area contributed by atoms with Gasteiger partial charge in [-0.2, -0.15) is 59.0 Å². The molecule has 10 nitrogen and oxygen atoms in total. The second kappa shape index (κ2) is 20.6. The lowest BCUT2D eigenvalue weighted by molar-refractivity contribution is -0.197. The number of hydrogen-bond donors (Lipinski definition) is 1. The summed E-state index contributed by atoms with van der Waals surface area (Å²) in [7, 11) is -6.54. The fourth-order valence-corrected chi connectivity index (χ4v) is 2.98. The standard InChI is InChI=1S/C10H11F3O3S.C7H7FO2S.C3H5F3O.2CO2.H2S/c1-7(10(11,12)13)16-8-3-5-9(6-4-8)17(2,14)15;1-11(9,10)7-4-2-6(8)3-5-7;1-2(7)3(4,5)6;2*2-1-3;/h3-7H,1-2H3;2-5H,1H3;2,7H,1H3;;;1H2/t7-;;2-;;;/m0.0.../s1. The van der Waals surface area contributed by atoms with Crippen molar-refractivity contribution in [3.05, 3.63) is 54.3 Å². The minimum atomic E-state index is -4.45. The lowest BCUT2D eigenvalue weighted by atomic mass is 10.3. The quantitative estimate of drug-likeness (QED) is 0.374. The third kappa shape index (κ3) is 23.4. The normalized spacial score (nSPS) is 12.0. The zero-order valence-electron chi connectivity index (χ0n) is 21.9. The minimum Gasteiger partial charge on any atom is -0.481 e. The molecule has 2 aromatic rings. The number of aliphatic hydroxyl groups is 1. The van der Waals surface area contributed by atoms with Crippen molar-refractivity contribution in [3.8, 4) is 5.75 Å². The maximum absolute atomic E-state index is 12.3. The van der Waals surface area contributed by atoms with Crippen molar-refractivity contribution < 1.29 is 76.6 Å². The highest BCUT2D eigenvalue weighted by Crippen LogP contribution is 2.25. The number of aliphatic hydroxyl groups excluding tert-OH is 1. The van der Waals surface area contributed by atoms with Crippen LogP contribution < -0.4 is 4.74 Å². The Morgan fingerprint density at radius 3 is 1.17 bits per heavy atom. The second-order valence-corrected chi connectivity index (χ2v) is 11.2. The van der Waals surface area contributed by atoms with Crippen LogP contribution in [0, 0.1) is 5.82 Å². The average molecular weight is 679 g/mol. The van der Waals surface area contributed by atoms with Crippen LogP contribution >= 0.6 is 13.5 Å². The summed E-state index contributed by atoms with van der Waals surface area (Å²) in [6.45, 7) is 1.56. The summed E-state index contributed by atoms with van der Waals surface area (Å²) in [5, 5.41) is 7.76. The smallest absolute Gasteiger partial charge is 0.425 e. The Morgan fingerprint density at radius 1 is 0.690 bits per heavy atom. The molecule has 0 aliphatic carbocycles. The van der Waals surface area contributed by atoms with Crippen LogP contribution in [0.15, 0.2) is 58.3 Å². The summed E-state index contributed by atoms with van der Waals surface area (Å²) in [6, 6.07) is 9.51. The fraction of sp³-hybridized carbons (Fsp3) is 0.364. The van der Waals surface area contributed by atoms with Gasteiger partial charge in [-0.15, -0.1) is 0 Å². The van der Waals surface area contributed by atoms with E-state index in [9.17, 15) is 47.6 Å². The zero-order valence-corrected chi connectivity index (χ0v) is 24.5. The molecule has 0 aromatic heterocycles. The van der Waals surface area contributed by atoms with Gasteiger partial charge in [-0.1, -0.05) is 0 Å². The van der Waals surface area contributed by atoms with Gasteiger partial charge in [0.25, 0.3) is 0 Å². The Morgan fingerprint density at radius 2 is 0.952 bits per heavy atom. The predicted molar refractivity (Wildman–Crippen MR) is 133 cm³/mol. The molecule has 2 rings (SSSR count). The van der Waals surface area contributed by atoms with Crippen LogP contribution in [0.3, 0.4) is 0 Å². The Hall–Kier alpha value is -3.28. The highest BCUT2D eigenvalue weighted by atomic mass is 32.2. The van der Waals surface area contributed by atoms with Crippen molar-refractivity contribution in [1.82, 2.24) is 0 Å². The van der Waals surface area contributed by atoms with Crippen molar-refractivity contribution in [2.24, 2.45) is 0 Å². The van der Waals surface area contributed by atoms with Crippen LogP contribution in [0.25, 0.3) is 0 Å². The van der Waals surface area contributed by atoms with Gasteiger partial charge in [0.2, 0.25) is 0 Å². The number of halogens is 7. The summed E-state index contributed by atoms with van der Waals surface area (Å²) < 4.78 is 130. The molecule has 0 bridgehead atoms. The highest BCUT2D eigenvalue weighted by molar-refractivity contribution is 7.91. The minimum absolute atomic E-state index is 0. The SMILES string of the molecule is CS(=O)(=O)c1ccc(F)cc1.C[C@H](O)C(F)(F)F.C[C@H](Oc1ccc(S(C)(=O)=O)cc1)C(F)(F)F.O=C=O.O=C=O.S. The predicted octanol–water partition coefficient (Wildman–Crippen LogP) is 3.52. The van der Waals surface area contributed by atoms with Gasteiger partial charge in [-0.05, 0) is 62.4 Å². The van der Waals surface area contributed by atoms with Crippen LogP contribution in [0.1, 0.15) is 13.8 Å². The Labute approximate surface area is 242 Å². The topological polar surface area (TPSA) is 166 Å². The molecule has 0 heterocycles. The van der Waals surface area contributed by atoms with Crippen LogP contribution in [0.4, 0.5) is 30.7 Å². The van der Waals surface area contributed by atoms with E-state index >= 15 is 0 Å². The molecule has 0 fully saturated rings. The molecule has 0 aliphatic rings. The van der Waals surface area contributed by atoms with Gasteiger partial charge in [0.05, 0.1) is 9.79 Å². The fourth-order valence-electron chi connectivity index (χ4n) is 1.72. The molecule has 20 heteroatoms. The molecule has 2 aromatic carbocycles. The molecule has 0 saturated carbocycles. The van der Waals surface area contributed by atoms with Gasteiger partial charge in [-0.25, -0.2) is 21.2 Å². The van der Waals surface area contributed by atoms with E-state index in [4.69, 9.17) is 24.3 Å². The Balaban J connectivity index is -0.000000249. The molecule has 0 spiro atoms. The molecule has 0 unspecified atom stereocenters. The largest absolute Gasteiger partial charge is 0.481 e. The van der Waals surface area contributed by atoms with Crippen molar-refractivity contribution >= 4 is 45.5 Å². The molecule has 240 valence electrons. The van der Waals surface area contributed by atoms with Crippen molar-refractivity contribution in [1.29, 1.82) is 0 Å². The van der Waals surface area contributed by atoms with E-state index in [0.717, 1.165) is 31.6 Å². The van der Waals surface area contributed by atoms with Crippen molar-refractivity contribution in [3.63, 3.8) is 0 Å². The van der Waals surface area contributed by atoms with E-state index in [-0.39, 0.29) is 41.3 Å². The number of rotatable bonds is 4. The third-order valence-electron chi connectivity index (χ3n) is 3.74. The first-order valence-electron chi connectivity index (χ1n) is 10.1. The first-order valence-corrected chi connectivity index (χ1v) is 13.9. The highest BCUT2D eigenvalue weighted by Gasteiger charge is 2.38. The first kappa shape index (κ1) is 45.7. The molecule has 1 N–H and O–H groups in total. The lowest BCUT2D eigenvalue weighted by Gasteiger charge is -2.17. The maximum Gasteiger partial charge on any atom is 0.425 e. The van der Waals surface area contributed by atoms with Crippen LogP contribution in [-0.2, 0) is 38.9 Å². The van der Waals surface area contributed by atoms with E-state index in [1.165, 1.54) is 36.4 Å². The Kier molecular flexibility index (Phi) is 22.4. The number of carbonyl (C=O) groups excluding carboxylic acids is 4. The molecule has 0 aliphatic heterocycles. The van der Waals surface area contributed by atoms with Gasteiger partial charge in [0.15, 0.2) is 25.8 Å². The number of sulfone groups is 2. The molecule has 2 atom stereocenters. The summed E-state index contributed by atoms with van der Waals surface area (Å²) in [5.41, 5.74) is 0. The summed E-state index contributed by atoms with van der Waals surface area (Å²) >= 11 is 0. The third-order valence-corrected chi connectivity index (χ3v) is 6.00. The first-order chi connectivity index (χ1) is 18.4. The summed E-state index contributed by atoms with van der Waals surface area (Å²) in [5.74, 6) is -0.459. The molecular weight excluding hydrogens is 653 g/mol. The van der Waals surface area contributed by atoms with Gasteiger partial charge in [-0.3, -0.25) is 0 Å². The average Bonchev–Trinajstić information content (AvgIpc) is 2.79. The van der Waals surface area contributed by atoms with Gasteiger partial charge >= 0.3 is 24.7 Å². The van der Waals surface area contributed by atoms with E-state index in [1.54, 1.807) is 0 Å². The monoisotopic (exact) mass is 678 g/mol. The summed E-state index contributed by atoms with van der Waals surface area (Å²) in [6.07, 6.45) is -10.4.